The molecule has 5 heteroatoms. The number of likely N-dealkylation sites (N-methyl/N-ethyl adjacent to an activating group) is 1. The molecule has 0 aliphatic heterocycles. The first kappa shape index (κ1) is 18.5. The molecule has 1 aromatic heterocycles. The van der Waals surface area contributed by atoms with Crippen LogP contribution in [0, 0.1) is 0 Å². The molecule has 3 aromatic rings. The van der Waals surface area contributed by atoms with Gasteiger partial charge in [0.05, 0.1) is 35.9 Å². The highest BCUT2D eigenvalue weighted by atomic mass is 32.1. The van der Waals surface area contributed by atoms with Crippen LogP contribution in [0.15, 0.2) is 54.6 Å². The van der Waals surface area contributed by atoms with Crippen molar-refractivity contribution >= 4 is 27.5 Å². The van der Waals surface area contributed by atoms with Crippen molar-refractivity contribution in [1.29, 1.82) is 0 Å². The molecular weight excluding hydrogens is 342 g/mol. The number of carbonyl (C=O) groups excluding carboxylic acids is 1. The van der Waals surface area contributed by atoms with Crippen LogP contribution in [-0.2, 0) is 11.2 Å². The lowest BCUT2D eigenvalue weighted by atomic mass is 10.1. The summed E-state index contributed by atoms with van der Waals surface area (Å²) in [7, 11) is 4.24. The summed E-state index contributed by atoms with van der Waals surface area (Å²) in [4.78, 5) is 18.2. The van der Waals surface area contributed by atoms with E-state index in [1.807, 2.05) is 36.4 Å². The molecule has 1 amide bonds. The zero-order valence-electron chi connectivity index (χ0n) is 15.4. The summed E-state index contributed by atoms with van der Waals surface area (Å²) in [5, 5.41) is 4.21. The van der Waals surface area contributed by atoms with E-state index < -0.39 is 0 Å². The molecule has 0 aliphatic rings. The first-order valence-corrected chi connectivity index (χ1v) is 9.91. The number of rotatable bonds is 8. The number of aryl methyl sites for hydroxylation is 1. The maximum absolute atomic E-state index is 12.2. The van der Waals surface area contributed by atoms with Gasteiger partial charge in [0.15, 0.2) is 0 Å². The molecule has 2 aromatic carbocycles. The van der Waals surface area contributed by atoms with Gasteiger partial charge in [-0.1, -0.05) is 42.5 Å². The topological polar surface area (TPSA) is 46.4 Å². The van der Waals surface area contributed by atoms with Crippen LogP contribution in [0.4, 0.5) is 0 Å². The number of amides is 1. The summed E-state index contributed by atoms with van der Waals surface area (Å²) < 4.78 is 1.21. The first-order valence-electron chi connectivity index (χ1n) is 9.09. The van der Waals surface area contributed by atoms with Gasteiger partial charge in [0.25, 0.3) is 0 Å². The number of carbonyl (C=O) groups is 1. The summed E-state index contributed by atoms with van der Waals surface area (Å²) in [5.74, 6) is 0.119. The quantitative estimate of drug-likeness (QED) is 0.642. The van der Waals surface area contributed by atoms with E-state index in [1.54, 1.807) is 11.3 Å². The number of thiazole rings is 1. The van der Waals surface area contributed by atoms with Crippen LogP contribution in [-0.4, -0.2) is 31.5 Å². The van der Waals surface area contributed by atoms with Gasteiger partial charge in [-0.15, -0.1) is 11.3 Å². The Morgan fingerprint density at radius 1 is 1.12 bits per heavy atom. The lowest BCUT2D eigenvalue weighted by Gasteiger charge is -2.22. The van der Waals surface area contributed by atoms with E-state index in [2.05, 4.69) is 42.6 Å². The van der Waals surface area contributed by atoms with E-state index in [0.717, 1.165) is 23.4 Å². The van der Waals surface area contributed by atoms with Crippen LogP contribution in [0.5, 0.6) is 0 Å². The molecule has 0 aliphatic carbocycles. The van der Waals surface area contributed by atoms with Crippen LogP contribution in [0.2, 0.25) is 0 Å². The van der Waals surface area contributed by atoms with Crippen molar-refractivity contribution < 1.29 is 9.69 Å². The maximum atomic E-state index is 12.2. The number of aromatic nitrogens is 1. The standard InChI is InChI=1S/C21H25N3OS/c1-24(2)18(16-9-4-3-5-10-16)15-22-20(25)13-8-14-21-23-17-11-6-7-12-19(17)26-21/h3-7,9-12,18H,8,13-15H2,1-2H3,(H,22,25)/p+1/t18-/m1/s1. The maximum Gasteiger partial charge on any atom is 0.220 e. The van der Waals surface area contributed by atoms with Gasteiger partial charge < -0.3 is 10.2 Å². The van der Waals surface area contributed by atoms with E-state index in [0.29, 0.717) is 13.0 Å². The van der Waals surface area contributed by atoms with Crippen molar-refractivity contribution in [3.05, 3.63) is 65.2 Å². The number of para-hydroxylation sites is 1. The van der Waals surface area contributed by atoms with E-state index in [-0.39, 0.29) is 11.9 Å². The molecule has 0 radical (unpaired) electrons. The number of quaternary nitrogens is 1. The fraction of sp³-hybridized carbons (Fsp3) is 0.333. The molecule has 0 unspecified atom stereocenters. The molecule has 0 saturated heterocycles. The molecule has 2 N–H and O–H groups in total. The minimum atomic E-state index is 0.119. The van der Waals surface area contributed by atoms with Crippen LogP contribution in [0.1, 0.15) is 29.5 Å². The van der Waals surface area contributed by atoms with Gasteiger partial charge in [-0.3, -0.25) is 4.79 Å². The third-order valence-corrected chi connectivity index (χ3v) is 5.63. The Morgan fingerprint density at radius 2 is 1.85 bits per heavy atom. The van der Waals surface area contributed by atoms with Crippen molar-refractivity contribution in [3.63, 3.8) is 0 Å². The van der Waals surface area contributed by atoms with E-state index in [1.165, 1.54) is 15.2 Å². The Bertz CT molecular complexity index is 812. The van der Waals surface area contributed by atoms with E-state index in [4.69, 9.17) is 0 Å². The van der Waals surface area contributed by atoms with Crippen LogP contribution < -0.4 is 10.2 Å². The largest absolute Gasteiger partial charge is 0.350 e. The predicted octanol–water partition coefficient (Wildman–Crippen LogP) is 2.62. The Morgan fingerprint density at radius 3 is 2.58 bits per heavy atom. The van der Waals surface area contributed by atoms with Gasteiger partial charge in [0.1, 0.15) is 6.04 Å². The highest BCUT2D eigenvalue weighted by molar-refractivity contribution is 7.18. The number of benzene rings is 2. The number of nitrogens with zero attached hydrogens (tertiary/aromatic N) is 1. The second-order valence-electron chi connectivity index (χ2n) is 6.77. The van der Waals surface area contributed by atoms with Gasteiger partial charge in [0, 0.05) is 12.0 Å². The number of nitrogens with one attached hydrogen (secondary N) is 2. The monoisotopic (exact) mass is 368 g/mol. The molecule has 0 saturated carbocycles. The molecule has 26 heavy (non-hydrogen) atoms. The Kier molecular flexibility index (Phi) is 6.36. The molecule has 0 bridgehead atoms. The van der Waals surface area contributed by atoms with Crippen LogP contribution in [0.3, 0.4) is 0 Å². The minimum absolute atomic E-state index is 0.119. The highest BCUT2D eigenvalue weighted by Crippen LogP contribution is 2.22. The third-order valence-electron chi connectivity index (χ3n) is 4.53. The van der Waals surface area contributed by atoms with Crippen molar-refractivity contribution in [1.82, 2.24) is 10.3 Å². The van der Waals surface area contributed by atoms with Crippen molar-refractivity contribution in [3.8, 4) is 0 Å². The Balaban J connectivity index is 1.46. The average molecular weight is 369 g/mol. The summed E-state index contributed by atoms with van der Waals surface area (Å²) in [6.45, 7) is 0.659. The average Bonchev–Trinajstić information content (AvgIpc) is 3.05. The summed E-state index contributed by atoms with van der Waals surface area (Å²) in [5.41, 5.74) is 2.30. The Labute approximate surface area is 158 Å². The van der Waals surface area contributed by atoms with Gasteiger partial charge in [-0.05, 0) is 25.0 Å². The fourth-order valence-electron chi connectivity index (χ4n) is 3.07. The lowest BCUT2D eigenvalue weighted by Crippen LogP contribution is -3.07. The van der Waals surface area contributed by atoms with Crippen molar-refractivity contribution in [2.45, 2.75) is 25.3 Å². The molecule has 0 fully saturated rings. The molecular formula is C21H26N3OS+. The van der Waals surface area contributed by atoms with E-state index >= 15 is 0 Å². The molecule has 0 spiro atoms. The zero-order valence-corrected chi connectivity index (χ0v) is 16.2. The van der Waals surface area contributed by atoms with Crippen LogP contribution in [0.25, 0.3) is 10.2 Å². The predicted molar refractivity (Wildman–Crippen MR) is 108 cm³/mol. The van der Waals surface area contributed by atoms with Crippen LogP contribution >= 0.6 is 11.3 Å². The molecule has 1 heterocycles. The minimum Gasteiger partial charge on any atom is -0.350 e. The van der Waals surface area contributed by atoms with Crippen molar-refractivity contribution in [2.24, 2.45) is 0 Å². The normalized spacial score (nSPS) is 12.4. The third kappa shape index (κ3) is 4.90. The van der Waals surface area contributed by atoms with Gasteiger partial charge >= 0.3 is 0 Å². The molecule has 136 valence electrons. The van der Waals surface area contributed by atoms with Gasteiger partial charge in [-0.2, -0.15) is 0 Å². The Hall–Kier alpha value is -2.24. The van der Waals surface area contributed by atoms with E-state index in [9.17, 15) is 4.79 Å². The second-order valence-corrected chi connectivity index (χ2v) is 7.89. The number of fused-ring (bicyclic) bond motifs is 1. The SMILES string of the molecule is C[NH+](C)[C@H](CNC(=O)CCCc1nc2ccccc2s1)c1ccccc1. The van der Waals surface area contributed by atoms with Crippen molar-refractivity contribution in [2.75, 3.05) is 20.6 Å². The first-order chi connectivity index (χ1) is 12.6. The zero-order chi connectivity index (χ0) is 18.4. The fourth-order valence-corrected chi connectivity index (χ4v) is 4.08. The molecule has 4 nitrogen and oxygen atoms in total. The highest BCUT2D eigenvalue weighted by Gasteiger charge is 2.18. The molecule has 1 atom stereocenters. The smallest absolute Gasteiger partial charge is 0.220 e. The van der Waals surface area contributed by atoms with Gasteiger partial charge in [-0.25, -0.2) is 4.98 Å². The molecule has 3 rings (SSSR count). The number of hydrogen-bond donors (Lipinski definition) is 2. The summed E-state index contributed by atoms with van der Waals surface area (Å²) in [6.07, 6.45) is 2.23. The summed E-state index contributed by atoms with van der Waals surface area (Å²) in [6, 6.07) is 18.8. The lowest BCUT2D eigenvalue weighted by molar-refractivity contribution is -0.890. The number of hydrogen-bond acceptors (Lipinski definition) is 3. The second kappa shape index (κ2) is 8.92. The van der Waals surface area contributed by atoms with Gasteiger partial charge in [0.2, 0.25) is 5.91 Å². The summed E-state index contributed by atoms with van der Waals surface area (Å²) >= 11 is 1.72.